The Bertz CT molecular complexity index is 535. The van der Waals surface area contributed by atoms with E-state index in [-0.39, 0.29) is 11.8 Å². The van der Waals surface area contributed by atoms with E-state index in [0.717, 1.165) is 12.8 Å². The number of halogens is 1. The van der Waals surface area contributed by atoms with Gasteiger partial charge in [-0.1, -0.05) is 18.5 Å². The molecule has 0 bridgehead atoms. The quantitative estimate of drug-likeness (QED) is 0.867. The van der Waals surface area contributed by atoms with Crippen LogP contribution in [0.1, 0.15) is 26.2 Å². The lowest BCUT2D eigenvalue weighted by molar-refractivity contribution is -0.145. The van der Waals surface area contributed by atoms with E-state index in [1.807, 2.05) is 11.8 Å². The van der Waals surface area contributed by atoms with Gasteiger partial charge < -0.3 is 10.4 Å². The molecule has 7 heteroatoms. The van der Waals surface area contributed by atoms with Gasteiger partial charge in [-0.3, -0.25) is 14.5 Å². The summed E-state index contributed by atoms with van der Waals surface area (Å²) in [4.78, 5) is 29.5. The normalized spacial score (nSPS) is 20.4. The molecule has 1 saturated heterocycles. The Balaban J connectivity index is 1.97. The van der Waals surface area contributed by atoms with Crippen LogP contribution in [0.25, 0.3) is 0 Å². The first-order valence-corrected chi connectivity index (χ1v) is 7.78. The zero-order valence-electron chi connectivity index (χ0n) is 12.5. The van der Waals surface area contributed by atoms with Crippen molar-refractivity contribution in [1.82, 2.24) is 9.88 Å². The number of aliphatic carboxylic acids is 1. The highest BCUT2D eigenvalue weighted by Crippen LogP contribution is 2.21. The third-order valence-electron chi connectivity index (χ3n) is 3.91. The lowest BCUT2D eigenvalue weighted by Crippen LogP contribution is -2.48. The molecular weight excluding hydrogens is 306 g/mol. The van der Waals surface area contributed by atoms with Crippen LogP contribution in [0.5, 0.6) is 0 Å². The lowest BCUT2D eigenvalue weighted by Gasteiger charge is -2.35. The van der Waals surface area contributed by atoms with Crippen LogP contribution in [0.4, 0.5) is 5.82 Å². The molecular formula is C15H20ClN3O3. The topological polar surface area (TPSA) is 82.5 Å². The van der Waals surface area contributed by atoms with Crippen LogP contribution >= 0.6 is 11.6 Å². The molecule has 0 aliphatic carbocycles. The van der Waals surface area contributed by atoms with E-state index in [1.54, 1.807) is 12.1 Å². The van der Waals surface area contributed by atoms with Crippen molar-refractivity contribution in [2.75, 3.05) is 18.4 Å². The molecule has 22 heavy (non-hydrogen) atoms. The number of piperidine rings is 1. The van der Waals surface area contributed by atoms with E-state index in [9.17, 15) is 14.7 Å². The molecule has 6 nitrogen and oxygen atoms in total. The molecule has 1 aliphatic rings. The number of hydrogen-bond acceptors (Lipinski definition) is 4. The Morgan fingerprint density at radius 3 is 2.91 bits per heavy atom. The highest BCUT2D eigenvalue weighted by Gasteiger charge is 2.32. The molecule has 0 unspecified atom stereocenters. The predicted octanol–water partition coefficient (Wildman–Crippen LogP) is 2.25. The Hall–Kier alpha value is -1.66. The summed E-state index contributed by atoms with van der Waals surface area (Å²) in [5, 5.41) is 12.5. The summed E-state index contributed by atoms with van der Waals surface area (Å²) in [5.41, 5.74) is 0. The van der Waals surface area contributed by atoms with Crippen LogP contribution in [-0.4, -0.2) is 46.0 Å². The Morgan fingerprint density at radius 2 is 2.32 bits per heavy atom. The number of carbonyl (C=O) groups is 2. The number of nitrogens with one attached hydrogen (secondary N) is 1. The van der Waals surface area contributed by atoms with Gasteiger partial charge in [0.2, 0.25) is 5.91 Å². The van der Waals surface area contributed by atoms with Gasteiger partial charge in [0.15, 0.2) is 0 Å². The first kappa shape index (κ1) is 16.7. The molecule has 2 rings (SSSR count). The molecule has 1 amide bonds. The Labute approximate surface area is 134 Å². The van der Waals surface area contributed by atoms with Crippen LogP contribution in [0, 0.1) is 5.92 Å². The number of carboxylic acid groups (broad SMARTS) is 1. The highest BCUT2D eigenvalue weighted by molar-refractivity contribution is 6.30. The number of rotatable bonds is 5. The molecule has 0 spiro atoms. The van der Waals surface area contributed by atoms with E-state index in [4.69, 9.17) is 11.6 Å². The summed E-state index contributed by atoms with van der Waals surface area (Å²) in [6.45, 7) is 3.03. The van der Waals surface area contributed by atoms with Gasteiger partial charge in [0.05, 0.1) is 10.9 Å². The summed E-state index contributed by atoms with van der Waals surface area (Å²) in [6, 6.07) is 2.78. The summed E-state index contributed by atoms with van der Waals surface area (Å²) >= 11 is 5.76. The third kappa shape index (κ3) is 4.18. The van der Waals surface area contributed by atoms with E-state index < -0.39 is 12.0 Å². The summed E-state index contributed by atoms with van der Waals surface area (Å²) in [5.74, 6) is -0.723. The maximum Gasteiger partial charge on any atom is 0.320 e. The zero-order valence-corrected chi connectivity index (χ0v) is 13.2. The van der Waals surface area contributed by atoms with Crippen molar-refractivity contribution in [3.05, 3.63) is 23.4 Å². The number of nitrogens with zero attached hydrogens (tertiary/aromatic N) is 2. The molecule has 2 heterocycles. The maximum absolute atomic E-state index is 12.3. The van der Waals surface area contributed by atoms with Gasteiger partial charge in [0.25, 0.3) is 0 Å². The number of carboxylic acids is 1. The van der Waals surface area contributed by atoms with Gasteiger partial charge in [0.1, 0.15) is 11.9 Å². The summed E-state index contributed by atoms with van der Waals surface area (Å²) in [6.07, 6.45) is 3.58. The van der Waals surface area contributed by atoms with E-state index in [0.29, 0.717) is 30.4 Å². The zero-order chi connectivity index (χ0) is 16.1. The number of anilines is 1. The Morgan fingerprint density at radius 1 is 1.55 bits per heavy atom. The first-order chi connectivity index (χ1) is 10.5. The standard InChI is InChI=1S/C15H20ClN3O3/c1-2-12(15(21)22)19-7-3-4-10(9-19)14(20)18-13-6-5-11(16)8-17-13/h5-6,8,10,12H,2-4,7,9H2,1H3,(H,21,22)(H,17,18,20)/t10-,12-/m0/s1. The molecule has 1 aromatic heterocycles. The fraction of sp³-hybridized carbons (Fsp3) is 0.533. The van der Waals surface area contributed by atoms with Crippen molar-refractivity contribution < 1.29 is 14.7 Å². The molecule has 1 aliphatic heterocycles. The van der Waals surface area contributed by atoms with Crippen molar-refractivity contribution in [2.45, 2.75) is 32.2 Å². The average Bonchev–Trinajstić information content (AvgIpc) is 2.50. The number of likely N-dealkylation sites (tertiary alicyclic amines) is 1. The molecule has 1 fully saturated rings. The van der Waals surface area contributed by atoms with Gasteiger partial charge in [0, 0.05) is 12.7 Å². The van der Waals surface area contributed by atoms with Gasteiger partial charge in [-0.05, 0) is 37.9 Å². The highest BCUT2D eigenvalue weighted by atomic mass is 35.5. The monoisotopic (exact) mass is 325 g/mol. The van der Waals surface area contributed by atoms with E-state index >= 15 is 0 Å². The minimum atomic E-state index is -0.831. The summed E-state index contributed by atoms with van der Waals surface area (Å²) < 4.78 is 0. The second kappa shape index (κ2) is 7.56. The molecule has 0 radical (unpaired) electrons. The summed E-state index contributed by atoms with van der Waals surface area (Å²) in [7, 11) is 0. The van der Waals surface area contributed by atoms with Crippen LogP contribution in [-0.2, 0) is 9.59 Å². The molecule has 0 saturated carbocycles. The number of pyridine rings is 1. The largest absolute Gasteiger partial charge is 0.480 e. The SMILES string of the molecule is CC[C@@H](C(=O)O)N1CCC[C@H](C(=O)Nc2ccc(Cl)cn2)C1. The van der Waals surface area contributed by atoms with Crippen LogP contribution in [0.3, 0.4) is 0 Å². The van der Waals surface area contributed by atoms with Crippen molar-refractivity contribution in [3.63, 3.8) is 0 Å². The van der Waals surface area contributed by atoms with Gasteiger partial charge >= 0.3 is 5.97 Å². The van der Waals surface area contributed by atoms with Crippen molar-refractivity contribution >= 4 is 29.3 Å². The number of amides is 1. The van der Waals surface area contributed by atoms with E-state index in [2.05, 4.69) is 10.3 Å². The van der Waals surface area contributed by atoms with Crippen LogP contribution in [0.2, 0.25) is 5.02 Å². The fourth-order valence-corrected chi connectivity index (χ4v) is 2.88. The minimum absolute atomic E-state index is 0.125. The van der Waals surface area contributed by atoms with E-state index in [1.165, 1.54) is 6.20 Å². The molecule has 120 valence electrons. The third-order valence-corrected chi connectivity index (χ3v) is 4.14. The number of hydrogen-bond donors (Lipinski definition) is 2. The number of aromatic nitrogens is 1. The fourth-order valence-electron chi connectivity index (χ4n) is 2.77. The molecule has 1 aromatic rings. The number of carbonyl (C=O) groups excluding carboxylic acids is 1. The minimum Gasteiger partial charge on any atom is -0.480 e. The maximum atomic E-state index is 12.3. The molecule has 2 N–H and O–H groups in total. The second-order valence-corrected chi connectivity index (χ2v) is 5.88. The van der Waals surface area contributed by atoms with Gasteiger partial charge in [-0.15, -0.1) is 0 Å². The predicted molar refractivity (Wildman–Crippen MR) is 83.9 cm³/mol. The Kier molecular flexibility index (Phi) is 5.74. The van der Waals surface area contributed by atoms with Gasteiger partial charge in [-0.2, -0.15) is 0 Å². The first-order valence-electron chi connectivity index (χ1n) is 7.40. The smallest absolute Gasteiger partial charge is 0.320 e. The molecule has 0 aromatic carbocycles. The van der Waals surface area contributed by atoms with Crippen LogP contribution in [0.15, 0.2) is 18.3 Å². The lowest BCUT2D eigenvalue weighted by atomic mass is 9.95. The molecule has 2 atom stereocenters. The van der Waals surface area contributed by atoms with Gasteiger partial charge in [-0.25, -0.2) is 4.98 Å². The van der Waals surface area contributed by atoms with Crippen molar-refractivity contribution in [3.8, 4) is 0 Å². The average molecular weight is 326 g/mol. The van der Waals surface area contributed by atoms with Crippen molar-refractivity contribution in [2.24, 2.45) is 5.92 Å². The van der Waals surface area contributed by atoms with Crippen molar-refractivity contribution in [1.29, 1.82) is 0 Å². The second-order valence-electron chi connectivity index (χ2n) is 5.45. The van der Waals surface area contributed by atoms with Crippen LogP contribution < -0.4 is 5.32 Å².